The molecule has 1 aromatic rings. The molecule has 0 aliphatic carbocycles. The molecule has 2 aliphatic rings. The van der Waals surface area contributed by atoms with Crippen molar-refractivity contribution in [1.29, 1.82) is 0 Å². The molecule has 7 nitrogen and oxygen atoms in total. The molecule has 0 bridgehead atoms. The number of anilines is 1. The lowest BCUT2D eigenvalue weighted by Gasteiger charge is -2.29. The average Bonchev–Trinajstić information content (AvgIpc) is 2.61. The molecule has 1 atom stereocenters. The normalized spacial score (nSPS) is 23.5. The number of nitrogens with one attached hydrogen (secondary N) is 2. The maximum absolute atomic E-state index is 12.1. The first-order chi connectivity index (χ1) is 11.9. The van der Waals surface area contributed by atoms with Crippen LogP contribution in [0.4, 0.5) is 5.95 Å². The number of hydrogen-bond acceptors (Lipinski definition) is 7. The third-order valence-electron chi connectivity index (χ3n) is 5.25. The van der Waals surface area contributed by atoms with E-state index in [0.717, 1.165) is 45.6 Å². The number of sulfone groups is 1. The number of likely N-dealkylation sites (tertiary alicyclic amines) is 1. The molecule has 8 heteroatoms. The number of rotatable bonds is 5. The molecule has 2 aliphatic heterocycles. The van der Waals surface area contributed by atoms with Gasteiger partial charge >= 0.3 is 0 Å². The maximum Gasteiger partial charge on any atom is 0.222 e. The monoisotopic (exact) mass is 367 g/mol. The zero-order valence-corrected chi connectivity index (χ0v) is 16.0. The molecule has 0 unspecified atom stereocenters. The van der Waals surface area contributed by atoms with Crippen molar-refractivity contribution in [1.82, 2.24) is 20.2 Å². The van der Waals surface area contributed by atoms with E-state index in [0.29, 0.717) is 17.6 Å². The van der Waals surface area contributed by atoms with Crippen LogP contribution in [-0.2, 0) is 9.84 Å². The molecule has 2 fully saturated rings. The third-order valence-corrected chi connectivity index (χ3v) is 6.37. The van der Waals surface area contributed by atoms with Crippen LogP contribution in [-0.4, -0.2) is 69.3 Å². The van der Waals surface area contributed by atoms with Gasteiger partial charge in [0.1, 0.15) is 4.90 Å². The van der Waals surface area contributed by atoms with Crippen molar-refractivity contribution in [3.8, 4) is 0 Å². The molecule has 3 rings (SSSR count). The molecule has 25 heavy (non-hydrogen) atoms. The Morgan fingerprint density at radius 1 is 1.32 bits per heavy atom. The molecule has 0 aromatic carbocycles. The highest BCUT2D eigenvalue weighted by atomic mass is 32.2. The van der Waals surface area contributed by atoms with E-state index in [9.17, 15) is 8.42 Å². The lowest BCUT2D eigenvalue weighted by molar-refractivity contribution is 0.226. The molecule has 0 spiro atoms. The van der Waals surface area contributed by atoms with Crippen LogP contribution in [0.3, 0.4) is 0 Å². The van der Waals surface area contributed by atoms with Crippen molar-refractivity contribution in [3.05, 3.63) is 11.9 Å². The lowest BCUT2D eigenvalue weighted by atomic mass is 9.96. The van der Waals surface area contributed by atoms with E-state index in [2.05, 4.69) is 32.5 Å². The summed E-state index contributed by atoms with van der Waals surface area (Å²) in [5.41, 5.74) is 0.663. The topological polar surface area (TPSA) is 87.2 Å². The molecule has 140 valence electrons. The van der Waals surface area contributed by atoms with Crippen LogP contribution in [0.5, 0.6) is 0 Å². The molecule has 1 aromatic heterocycles. The zero-order chi connectivity index (χ0) is 17.9. The molecule has 3 heterocycles. The molecule has 2 N–H and O–H groups in total. The van der Waals surface area contributed by atoms with Gasteiger partial charge in [0.25, 0.3) is 0 Å². The fourth-order valence-electron chi connectivity index (χ4n) is 3.63. The molecule has 0 saturated carbocycles. The van der Waals surface area contributed by atoms with Crippen LogP contribution in [0, 0.1) is 5.92 Å². The Labute approximate surface area is 150 Å². The number of piperidine rings is 2. The smallest absolute Gasteiger partial charge is 0.222 e. The van der Waals surface area contributed by atoms with E-state index < -0.39 is 9.84 Å². The molecular weight excluding hydrogens is 338 g/mol. The first kappa shape index (κ1) is 18.5. The van der Waals surface area contributed by atoms with Gasteiger partial charge in [0.2, 0.25) is 5.95 Å². The van der Waals surface area contributed by atoms with Gasteiger partial charge in [0, 0.05) is 25.3 Å². The Bertz CT molecular complexity index is 680. The van der Waals surface area contributed by atoms with Crippen LogP contribution in [0.2, 0.25) is 0 Å². The maximum atomic E-state index is 12.1. The summed E-state index contributed by atoms with van der Waals surface area (Å²) in [6, 6.07) is 0. The van der Waals surface area contributed by atoms with E-state index in [4.69, 9.17) is 0 Å². The van der Waals surface area contributed by atoms with Gasteiger partial charge in [-0.15, -0.1) is 0 Å². The Morgan fingerprint density at radius 3 is 2.72 bits per heavy atom. The van der Waals surface area contributed by atoms with Gasteiger partial charge in [0.15, 0.2) is 9.84 Å². The van der Waals surface area contributed by atoms with Gasteiger partial charge in [-0.2, -0.15) is 0 Å². The average molecular weight is 368 g/mol. The predicted molar refractivity (Wildman–Crippen MR) is 98.7 cm³/mol. The predicted octanol–water partition coefficient (Wildman–Crippen LogP) is 1.10. The zero-order valence-electron chi connectivity index (χ0n) is 15.2. The molecule has 0 amide bonds. The Hall–Kier alpha value is -1.25. The molecule has 2 saturated heterocycles. The minimum atomic E-state index is -3.33. The number of nitrogens with zero attached hydrogens (tertiary/aromatic N) is 3. The van der Waals surface area contributed by atoms with Crippen molar-refractivity contribution in [2.24, 2.45) is 5.92 Å². The summed E-state index contributed by atoms with van der Waals surface area (Å²) >= 11 is 0. The van der Waals surface area contributed by atoms with Gasteiger partial charge in [-0.1, -0.05) is 0 Å². The highest BCUT2D eigenvalue weighted by Gasteiger charge is 2.25. The summed E-state index contributed by atoms with van der Waals surface area (Å²) in [4.78, 5) is 11.5. The van der Waals surface area contributed by atoms with Crippen LogP contribution < -0.4 is 10.6 Å². The fourth-order valence-corrected chi connectivity index (χ4v) is 4.47. The quantitative estimate of drug-likeness (QED) is 0.806. The van der Waals surface area contributed by atoms with Gasteiger partial charge < -0.3 is 15.5 Å². The van der Waals surface area contributed by atoms with Crippen molar-refractivity contribution in [2.45, 2.75) is 36.5 Å². The first-order valence-corrected chi connectivity index (χ1v) is 11.0. The summed E-state index contributed by atoms with van der Waals surface area (Å²) in [6.45, 7) is 4.85. The first-order valence-electron chi connectivity index (χ1n) is 9.13. The number of aromatic nitrogens is 2. The van der Waals surface area contributed by atoms with Crippen LogP contribution in [0.15, 0.2) is 11.1 Å². The summed E-state index contributed by atoms with van der Waals surface area (Å²) in [6.07, 6.45) is 7.05. The SMILES string of the molecule is CN1CCC(CNc2ncc(S(C)(=O)=O)c([C@@H]3CCCNC3)n2)CC1. The van der Waals surface area contributed by atoms with E-state index >= 15 is 0 Å². The minimum absolute atomic E-state index is 0.130. The highest BCUT2D eigenvalue weighted by molar-refractivity contribution is 7.90. The van der Waals surface area contributed by atoms with Crippen molar-refractivity contribution in [2.75, 3.05) is 51.3 Å². The molecule has 0 radical (unpaired) electrons. The lowest BCUT2D eigenvalue weighted by Crippen LogP contribution is -2.33. The minimum Gasteiger partial charge on any atom is -0.354 e. The van der Waals surface area contributed by atoms with Crippen molar-refractivity contribution >= 4 is 15.8 Å². The Balaban J connectivity index is 1.74. The van der Waals surface area contributed by atoms with Gasteiger partial charge in [-0.25, -0.2) is 18.4 Å². The third kappa shape index (κ3) is 4.89. The van der Waals surface area contributed by atoms with E-state index in [1.54, 1.807) is 0 Å². The van der Waals surface area contributed by atoms with E-state index in [1.807, 2.05) is 0 Å². The Kier molecular flexibility index (Phi) is 5.91. The van der Waals surface area contributed by atoms with Crippen LogP contribution in [0.25, 0.3) is 0 Å². The second-order valence-corrected chi connectivity index (χ2v) is 9.37. The summed E-state index contributed by atoms with van der Waals surface area (Å²) in [5, 5.41) is 6.67. The van der Waals surface area contributed by atoms with E-state index in [1.165, 1.54) is 25.3 Å². The van der Waals surface area contributed by atoms with Gasteiger partial charge in [-0.05, 0) is 58.3 Å². The van der Waals surface area contributed by atoms with Crippen molar-refractivity contribution in [3.63, 3.8) is 0 Å². The second kappa shape index (κ2) is 7.97. The summed E-state index contributed by atoms with van der Waals surface area (Å²) in [7, 11) is -1.17. The molecular formula is C17H29N5O2S. The number of hydrogen-bond donors (Lipinski definition) is 2. The highest BCUT2D eigenvalue weighted by Crippen LogP contribution is 2.28. The summed E-state index contributed by atoms with van der Waals surface area (Å²) < 4.78 is 24.2. The van der Waals surface area contributed by atoms with Crippen LogP contribution >= 0.6 is 0 Å². The standard InChI is InChI=1S/C17H29N5O2S/c1-22-8-5-13(6-9-22)10-19-17-20-12-15(25(2,23)24)16(21-17)14-4-3-7-18-11-14/h12-14,18H,3-11H2,1-2H3,(H,19,20,21)/t14-/m1/s1. The van der Waals surface area contributed by atoms with Crippen molar-refractivity contribution < 1.29 is 8.42 Å². The summed E-state index contributed by atoms with van der Waals surface area (Å²) in [5.74, 6) is 1.30. The van der Waals surface area contributed by atoms with Gasteiger partial charge in [0.05, 0.1) is 11.9 Å². The second-order valence-electron chi connectivity index (χ2n) is 7.39. The Morgan fingerprint density at radius 2 is 2.08 bits per heavy atom. The van der Waals surface area contributed by atoms with Gasteiger partial charge in [-0.3, -0.25) is 0 Å². The fraction of sp³-hybridized carbons (Fsp3) is 0.765. The van der Waals surface area contributed by atoms with Crippen LogP contribution in [0.1, 0.15) is 37.3 Å². The largest absolute Gasteiger partial charge is 0.354 e. The van der Waals surface area contributed by atoms with E-state index in [-0.39, 0.29) is 10.8 Å².